The number of hydrogen-bond acceptors (Lipinski definition) is 6. The topological polar surface area (TPSA) is 110 Å². The van der Waals surface area contributed by atoms with Crippen LogP contribution in [0.2, 0.25) is 0 Å². The molecule has 3 aromatic rings. The second kappa shape index (κ2) is 8.67. The third kappa shape index (κ3) is 4.36. The molecule has 1 amide bonds. The lowest BCUT2D eigenvalue weighted by molar-refractivity contribution is -0.118. The van der Waals surface area contributed by atoms with Gasteiger partial charge in [0, 0.05) is 24.1 Å². The summed E-state index contributed by atoms with van der Waals surface area (Å²) in [5, 5.41) is 11.4. The van der Waals surface area contributed by atoms with E-state index in [1.54, 1.807) is 6.20 Å². The molecule has 3 N–H and O–H groups in total. The Morgan fingerprint density at radius 3 is 2.77 bits per heavy atom. The first-order chi connectivity index (χ1) is 14.5. The average molecular weight is 407 g/mol. The molecule has 7 nitrogen and oxygen atoms in total. The maximum Gasteiger partial charge on any atom is 0.227 e. The van der Waals surface area contributed by atoms with Gasteiger partial charge >= 0.3 is 0 Å². The number of carbonyl (C=O) groups excluding carboxylic acids is 1. The van der Waals surface area contributed by atoms with Crippen molar-refractivity contribution in [3.05, 3.63) is 69.9 Å². The summed E-state index contributed by atoms with van der Waals surface area (Å²) < 4.78 is 6.01. The normalized spacial score (nSPS) is 15.9. The number of aromatic hydroxyl groups is 1. The molecule has 30 heavy (non-hydrogen) atoms. The van der Waals surface area contributed by atoms with E-state index in [1.807, 2.05) is 30.3 Å². The smallest absolute Gasteiger partial charge is 0.227 e. The number of nitrogens with two attached hydrogens (primary N) is 1. The van der Waals surface area contributed by atoms with Crippen LogP contribution < -0.4 is 11.2 Å². The maximum absolute atomic E-state index is 12.5. The van der Waals surface area contributed by atoms with Crippen LogP contribution in [0.1, 0.15) is 48.7 Å². The Bertz CT molecular complexity index is 1120. The lowest BCUT2D eigenvalue weighted by atomic mass is 9.91. The molecule has 0 aliphatic carbocycles. The first kappa shape index (κ1) is 20.1. The summed E-state index contributed by atoms with van der Waals surface area (Å²) in [6.07, 6.45) is 5.06. The SMILES string of the molecule is NC(=O)C[C@H](c1ccc2ncccc2c1)c1oc(CN2CCCCC2)cc(=O)c1O. The Labute approximate surface area is 174 Å². The lowest BCUT2D eigenvalue weighted by Crippen LogP contribution is -2.29. The van der Waals surface area contributed by atoms with Crippen LogP contribution in [0.4, 0.5) is 0 Å². The number of aromatic nitrogens is 1. The van der Waals surface area contributed by atoms with Crippen LogP contribution in [0.3, 0.4) is 0 Å². The van der Waals surface area contributed by atoms with E-state index in [4.69, 9.17) is 10.2 Å². The standard InChI is InChI=1S/C23H25N3O4/c24-21(28)13-18(15-6-7-19-16(11-15)5-4-8-25-19)23-22(29)20(27)12-17(30-23)14-26-9-2-1-3-10-26/h4-8,11-12,18,29H,1-3,9-10,13-14H2,(H2,24,28)/t18-/m1/s1. The van der Waals surface area contributed by atoms with Crippen LogP contribution in [0, 0.1) is 0 Å². The average Bonchev–Trinajstić information content (AvgIpc) is 2.75. The second-order valence-corrected chi connectivity index (χ2v) is 7.81. The molecule has 1 atom stereocenters. The third-order valence-corrected chi connectivity index (χ3v) is 5.58. The fourth-order valence-corrected chi connectivity index (χ4v) is 4.08. The van der Waals surface area contributed by atoms with Crippen molar-refractivity contribution in [3.8, 4) is 5.75 Å². The number of amides is 1. The summed E-state index contributed by atoms with van der Waals surface area (Å²) in [6.45, 7) is 2.39. The molecule has 0 saturated carbocycles. The molecule has 1 aromatic carbocycles. The van der Waals surface area contributed by atoms with Crippen molar-refractivity contribution in [1.82, 2.24) is 9.88 Å². The predicted octanol–water partition coefficient (Wildman–Crippen LogP) is 2.89. The third-order valence-electron chi connectivity index (χ3n) is 5.58. The van der Waals surface area contributed by atoms with Gasteiger partial charge in [0.15, 0.2) is 5.76 Å². The van der Waals surface area contributed by atoms with Crippen molar-refractivity contribution in [2.75, 3.05) is 13.1 Å². The Morgan fingerprint density at radius 1 is 1.20 bits per heavy atom. The largest absolute Gasteiger partial charge is 0.502 e. The lowest BCUT2D eigenvalue weighted by Gasteiger charge is -2.26. The molecule has 3 heterocycles. The van der Waals surface area contributed by atoms with Gasteiger partial charge in [-0.25, -0.2) is 0 Å². The molecular weight excluding hydrogens is 382 g/mol. The molecule has 1 fully saturated rings. The van der Waals surface area contributed by atoms with Crippen molar-refractivity contribution < 1.29 is 14.3 Å². The molecule has 2 aromatic heterocycles. The first-order valence-electron chi connectivity index (χ1n) is 10.2. The molecule has 1 aliphatic rings. The fourth-order valence-electron chi connectivity index (χ4n) is 4.08. The zero-order valence-corrected chi connectivity index (χ0v) is 16.7. The maximum atomic E-state index is 12.5. The van der Waals surface area contributed by atoms with Crippen LogP contribution in [0.15, 0.2) is 51.8 Å². The second-order valence-electron chi connectivity index (χ2n) is 7.81. The number of pyridine rings is 1. The fraction of sp³-hybridized carbons (Fsp3) is 0.348. The van der Waals surface area contributed by atoms with E-state index in [9.17, 15) is 14.7 Å². The van der Waals surface area contributed by atoms with Gasteiger partial charge in [-0.1, -0.05) is 18.6 Å². The number of nitrogens with zero attached hydrogens (tertiary/aromatic N) is 2. The number of fused-ring (bicyclic) bond motifs is 1. The summed E-state index contributed by atoms with van der Waals surface area (Å²) in [4.78, 5) is 30.8. The molecule has 0 bridgehead atoms. The minimum Gasteiger partial charge on any atom is -0.502 e. The Balaban J connectivity index is 1.75. The van der Waals surface area contributed by atoms with Crippen molar-refractivity contribution in [1.29, 1.82) is 0 Å². The minimum atomic E-state index is -0.666. The summed E-state index contributed by atoms with van der Waals surface area (Å²) in [7, 11) is 0. The van der Waals surface area contributed by atoms with E-state index >= 15 is 0 Å². The molecule has 156 valence electrons. The van der Waals surface area contributed by atoms with E-state index in [1.165, 1.54) is 12.5 Å². The van der Waals surface area contributed by atoms with Crippen LogP contribution in [-0.2, 0) is 11.3 Å². The number of rotatable bonds is 6. The molecule has 0 spiro atoms. The Morgan fingerprint density at radius 2 is 2.00 bits per heavy atom. The summed E-state index contributed by atoms with van der Waals surface area (Å²) in [5.41, 5.74) is 6.52. The number of primary amides is 1. The molecular formula is C23H25N3O4. The number of likely N-dealkylation sites (tertiary alicyclic amines) is 1. The number of benzene rings is 1. The summed E-state index contributed by atoms with van der Waals surface area (Å²) in [5.74, 6) is -1.13. The van der Waals surface area contributed by atoms with Crippen LogP contribution in [0.25, 0.3) is 10.9 Å². The molecule has 1 saturated heterocycles. The minimum absolute atomic E-state index is 0.0801. The Kier molecular flexibility index (Phi) is 5.81. The molecule has 0 unspecified atom stereocenters. The number of piperidine rings is 1. The molecule has 1 aliphatic heterocycles. The van der Waals surface area contributed by atoms with Crippen molar-refractivity contribution in [3.63, 3.8) is 0 Å². The molecule has 7 heteroatoms. The van der Waals surface area contributed by atoms with Crippen LogP contribution in [-0.4, -0.2) is 34.0 Å². The summed E-state index contributed by atoms with van der Waals surface area (Å²) in [6, 6.07) is 10.6. The zero-order valence-electron chi connectivity index (χ0n) is 16.7. The van der Waals surface area contributed by atoms with Crippen molar-refractivity contribution in [2.45, 2.75) is 38.1 Å². The van der Waals surface area contributed by atoms with E-state index in [-0.39, 0.29) is 12.2 Å². The van der Waals surface area contributed by atoms with Gasteiger partial charge in [-0.15, -0.1) is 0 Å². The van der Waals surface area contributed by atoms with Gasteiger partial charge in [0.05, 0.1) is 18.0 Å². The quantitative estimate of drug-likeness (QED) is 0.650. The van der Waals surface area contributed by atoms with Gasteiger partial charge in [-0.3, -0.25) is 19.5 Å². The number of carbonyl (C=O) groups is 1. The van der Waals surface area contributed by atoms with Gasteiger partial charge in [0.2, 0.25) is 17.1 Å². The van der Waals surface area contributed by atoms with Crippen LogP contribution >= 0.6 is 0 Å². The van der Waals surface area contributed by atoms with Gasteiger partial charge < -0.3 is 15.3 Å². The highest BCUT2D eigenvalue weighted by Gasteiger charge is 2.26. The highest BCUT2D eigenvalue weighted by atomic mass is 16.4. The highest BCUT2D eigenvalue weighted by molar-refractivity contribution is 5.80. The molecule has 0 radical (unpaired) electrons. The Hall–Kier alpha value is -3.19. The first-order valence-corrected chi connectivity index (χ1v) is 10.2. The van der Waals surface area contributed by atoms with E-state index in [2.05, 4.69) is 9.88 Å². The van der Waals surface area contributed by atoms with Crippen molar-refractivity contribution in [2.24, 2.45) is 5.73 Å². The molecule has 4 rings (SSSR count). The van der Waals surface area contributed by atoms with Gasteiger partial charge in [-0.2, -0.15) is 0 Å². The zero-order chi connectivity index (χ0) is 21.1. The van der Waals surface area contributed by atoms with Gasteiger partial charge in [0.25, 0.3) is 0 Å². The van der Waals surface area contributed by atoms with Crippen molar-refractivity contribution >= 4 is 16.8 Å². The van der Waals surface area contributed by atoms with E-state index < -0.39 is 23.0 Å². The number of hydrogen-bond donors (Lipinski definition) is 2. The highest BCUT2D eigenvalue weighted by Crippen LogP contribution is 2.34. The van der Waals surface area contributed by atoms with Gasteiger partial charge in [0.1, 0.15) is 5.76 Å². The predicted molar refractivity (Wildman–Crippen MR) is 113 cm³/mol. The van der Waals surface area contributed by atoms with Crippen LogP contribution in [0.5, 0.6) is 5.75 Å². The van der Waals surface area contributed by atoms with E-state index in [0.717, 1.165) is 42.4 Å². The summed E-state index contributed by atoms with van der Waals surface area (Å²) >= 11 is 0. The monoisotopic (exact) mass is 407 g/mol. The van der Waals surface area contributed by atoms with Gasteiger partial charge in [-0.05, 0) is 49.7 Å². The van der Waals surface area contributed by atoms with E-state index in [0.29, 0.717) is 12.3 Å².